The molecule has 0 saturated heterocycles. The lowest BCUT2D eigenvalue weighted by molar-refractivity contribution is 0.418. The van der Waals surface area contributed by atoms with E-state index in [1.165, 1.54) is 32.1 Å². The average molecular weight is 143 g/mol. The average Bonchev–Trinajstić information content (AvgIpc) is 1.91. The summed E-state index contributed by atoms with van der Waals surface area (Å²) in [6.07, 6.45) is 7.29. The second-order valence-corrected chi connectivity index (χ2v) is 4.01. The quantitative estimate of drug-likeness (QED) is 0.570. The Hall–Kier alpha value is 0.177. The van der Waals surface area contributed by atoms with E-state index in [1.54, 1.807) is 0 Å². The maximum atomic E-state index is 3.62. The lowest BCUT2D eigenvalue weighted by atomic mass is 9.96. The summed E-state index contributed by atoms with van der Waals surface area (Å²) in [5, 5.41) is 0. The van der Waals surface area contributed by atoms with Gasteiger partial charge in [-0.05, 0) is 18.9 Å². The minimum absolute atomic E-state index is 0.119. The van der Waals surface area contributed by atoms with Gasteiger partial charge in [-0.3, -0.25) is 0 Å². The van der Waals surface area contributed by atoms with Crippen LogP contribution in [-0.2, 0) is 0 Å². The van der Waals surface area contributed by atoms with Gasteiger partial charge in [-0.1, -0.05) is 25.8 Å². The molecule has 0 atom stereocenters. The van der Waals surface area contributed by atoms with Crippen molar-refractivity contribution in [2.45, 2.75) is 44.7 Å². The van der Waals surface area contributed by atoms with E-state index in [2.05, 4.69) is 11.5 Å². The van der Waals surface area contributed by atoms with Crippen molar-refractivity contribution in [3.05, 3.63) is 0 Å². The first kappa shape index (κ1) is 7.29. The first-order valence-corrected chi connectivity index (χ1v) is 6.29. The van der Waals surface area contributed by atoms with Crippen LogP contribution >= 0.6 is 0 Å². The van der Waals surface area contributed by atoms with Gasteiger partial charge in [-0.15, -0.1) is 0 Å². The molecule has 1 saturated carbocycles. The number of hydrogen-bond acceptors (Lipinski definition) is 1. The molecule has 0 heterocycles. The lowest BCUT2D eigenvalue weighted by Crippen LogP contribution is -2.32. The molecule has 0 radical (unpaired) electrons. The Morgan fingerprint density at radius 2 is 1.89 bits per heavy atom. The molecule has 2 heteroatoms. The van der Waals surface area contributed by atoms with Gasteiger partial charge in [-0.25, -0.2) is 0 Å². The zero-order chi connectivity index (χ0) is 6.53. The first-order valence-electron chi connectivity index (χ1n) is 4.17. The molecule has 1 aliphatic rings. The molecule has 0 bridgehead atoms. The van der Waals surface area contributed by atoms with E-state index in [9.17, 15) is 0 Å². The maximum Gasteiger partial charge on any atom is 0.0888 e. The third kappa shape index (κ3) is 2.50. The smallest absolute Gasteiger partial charge is 0.0888 e. The van der Waals surface area contributed by atoms with Crippen LogP contribution < -0.4 is 4.98 Å². The Morgan fingerprint density at radius 3 is 2.44 bits per heavy atom. The summed E-state index contributed by atoms with van der Waals surface area (Å²) in [5.74, 6) is 0. The Kier molecular flexibility index (Phi) is 3.29. The molecule has 1 N–H and O–H groups in total. The summed E-state index contributed by atoms with van der Waals surface area (Å²) in [6, 6.07) is 0.912. The highest BCUT2D eigenvalue weighted by molar-refractivity contribution is 6.30. The van der Waals surface area contributed by atoms with Crippen molar-refractivity contribution < 1.29 is 0 Å². The third-order valence-electron chi connectivity index (χ3n) is 2.10. The van der Waals surface area contributed by atoms with Gasteiger partial charge in [0.05, 0.1) is 9.68 Å². The van der Waals surface area contributed by atoms with E-state index in [4.69, 9.17) is 0 Å². The lowest BCUT2D eigenvalue weighted by Gasteiger charge is -2.21. The third-order valence-corrected chi connectivity index (χ3v) is 3.08. The molecule has 0 aromatic carbocycles. The van der Waals surface area contributed by atoms with E-state index in [0.29, 0.717) is 0 Å². The first-order chi connectivity index (χ1) is 4.43. The second kappa shape index (κ2) is 4.07. The molecule has 0 unspecified atom stereocenters. The van der Waals surface area contributed by atoms with Crippen molar-refractivity contribution in [3.8, 4) is 0 Å². The van der Waals surface area contributed by atoms with Crippen molar-refractivity contribution in [1.29, 1.82) is 0 Å². The molecule has 0 aromatic rings. The predicted molar refractivity (Wildman–Crippen MR) is 44.4 cm³/mol. The number of hydrogen-bond donors (Lipinski definition) is 1. The highest BCUT2D eigenvalue weighted by atomic mass is 28.2. The van der Waals surface area contributed by atoms with Gasteiger partial charge >= 0.3 is 0 Å². The summed E-state index contributed by atoms with van der Waals surface area (Å²) in [7, 11) is 0.119. The maximum absolute atomic E-state index is 3.62. The van der Waals surface area contributed by atoms with Crippen molar-refractivity contribution in [3.63, 3.8) is 0 Å². The monoisotopic (exact) mass is 143 g/mol. The van der Waals surface area contributed by atoms with Crippen LogP contribution in [0, 0.1) is 0 Å². The number of rotatable bonds is 2. The fourth-order valence-corrected chi connectivity index (χ4v) is 2.58. The molecular weight excluding hydrogens is 126 g/mol. The summed E-state index contributed by atoms with van der Waals surface area (Å²) < 4.78 is 0. The Balaban J connectivity index is 2.08. The van der Waals surface area contributed by atoms with Crippen LogP contribution in [0.2, 0.25) is 6.55 Å². The van der Waals surface area contributed by atoms with Gasteiger partial charge in [0, 0.05) is 0 Å². The van der Waals surface area contributed by atoms with Gasteiger partial charge in [0.2, 0.25) is 0 Å². The second-order valence-electron chi connectivity index (χ2n) is 2.89. The van der Waals surface area contributed by atoms with Crippen molar-refractivity contribution in [1.82, 2.24) is 4.98 Å². The van der Waals surface area contributed by atoms with Crippen LogP contribution in [0.5, 0.6) is 0 Å². The minimum Gasteiger partial charge on any atom is -0.340 e. The summed E-state index contributed by atoms with van der Waals surface area (Å²) in [4.78, 5) is 3.62. The molecule has 54 valence electrons. The summed E-state index contributed by atoms with van der Waals surface area (Å²) >= 11 is 0. The van der Waals surface area contributed by atoms with Crippen LogP contribution in [0.25, 0.3) is 0 Å². The van der Waals surface area contributed by atoms with Gasteiger partial charge in [0.1, 0.15) is 0 Å². The zero-order valence-electron chi connectivity index (χ0n) is 6.32. The molecule has 0 spiro atoms. The normalized spacial score (nSPS) is 23.7. The van der Waals surface area contributed by atoms with Gasteiger partial charge in [-0.2, -0.15) is 0 Å². The molecule has 0 aromatic heterocycles. The molecule has 1 aliphatic carbocycles. The molecule has 0 aliphatic heterocycles. The SMILES string of the molecule is C[SiH2]NC1CCCCC1. The van der Waals surface area contributed by atoms with Crippen molar-refractivity contribution in [2.24, 2.45) is 0 Å². The van der Waals surface area contributed by atoms with Gasteiger partial charge < -0.3 is 4.98 Å². The van der Waals surface area contributed by atoms with E-state index in [0.717, 1.165) is 6.04 Å². The van der Waals surface area contributed by atoms with E-state index < -0.39 is 0 Å². The fraction of sp³-hybridized carbons (Fsp3) is 1.00. The van der Waals surface area contributed by atoms with Crippen LogP contribution in [0.15, 0.2) is 0 Å². The highest BCUT2D eigenvalue weighted by Gasteiger charge is 2.10. The topological polar surface area (TPSA) is 12.0 Å². The Morgan fingerprint density at radius 1 is 1.22 bits per heavy atom. The van der Waals surface area contributed by atoms with E-state index >= 15 is 0 Å². The molecule has 0 amide bonds. The predicted octanol–water partition coefficient (Wildman–Crippen LogP) is 1.04. The van der Waals surface area contributed by atoms with Crippen LogP contribution in [0.3, 0.4) is 0 Å². The summed E-state index contributed by atoms with van der Waals surface area (Å²) in [6.45, 7) is 2.33. The minimum atomic E-state index is 0.119. The molecule has 1 rings (SSSR count). The molecular formula is C7H17NSi. The van der Waals surface area contributed by atoms with Gasteiger partial charge in [0.15, 0.2) is 0 Å². The molecule has 1 nitrogen and oxygen atoms in total. The van der Waals surface area contributed by atoms with Gasteiger partial charge in [0.25, 0.3) is 0 Å². The largest absolute Gasteiger partial charge is 0.340 e. The highest BCUT2D eigenvalue weighted by Crippen LogP contribution is 2.16. The van der Waals surface area contributed by atoms with Crippen LogP contribution in [0.4, 0.5) is 0 Å². The number of nitrogens with one attached hydrogen (secondary N) is 1. The standard InChI is InChI=1S/C7H17NSi/c1-9-8-7-5-3-2-4-6-7/h7-8H,2-6,9H2,1H3. The van der Waals surface area contributed by atoms with Crippen LogP contribution in [0.1, 0.15) is 32.1 Å². The summed E-state index contributed by atoms with van der Waals surface area (Å²) in [5.41, 5.74) is 0. The zero-order valence-corrected chi connectivity index (χ0v) is 7.73. The van der Waals surface area contributed by atoms with E-state index in [-0.39, 0.29) is 9.68 Å². The van der Waals surface area contributed by atoms with Crippen molar-refractivity contribution in [2.75, 3.05) is 0 Å². The fourth-order valence-electron chi connectivity index (χ4n) is 1.60. The van der Waals surface area contributed by atoms with Crippen LogP contribution in [-0.4, -0.2) is 15.7 Å². The van der Waals surface area contributed by atoms with Crippen molar-refractivity contribution >= 4 is 9.68 Å². The van der Waals surface area contributed by atoms with E-state index in [1.807, 2.05) is 0 Å². The Bertz CT molecular complexity index is 66.6. The molecule has 1 fully saturated rings. The Labute approximate surface area is 60.1 Å². The molecule has 9 heavy (non-hydrogen) atoms.